The molecular weight excluding hydrogens is 993 g/mol. The lowest BCUT2D eigenvalue weighted by Crippen LogP contribution is -2.66. The first kappa shape index (κ1) is 55.6. The minimum absolute atomic E-state index is 0.136. The van der Waals surface area contributed by atoms with Crippen molar-refractivity contribution in [2.45, 2.75) is 114 Å². The van der Waals surface area contributed by atoms with Crippen molar-refractivity contribution in [2.24, 2.45) is 0 Å². The molecule has 79 heavy (non-hydrogen) atoms. The van der Waals surface area contributed by atoms with Gasteiger partial charge in [-0.05, 0) is 44.5 Å². The summed E-state index contributed by atoms with van der Waals surface area (Å²) in [5.74, 6) is 0. The van der Waals surface area contributed by atoms with Gasteiger partial charge in [-0.25, -0.2) is 0 Å². The van der Waals surface area contributed by atoms with E-state index in [2.05, 4.69) is 0 Å². The van der Waals surface area contributed by atoms with Gasteiger partial charge in [0, 0.05) is 0 Å². The molecule has 0 amide bonds. The maximum absolute atomic E-state index is 7.59. The molecular formula is C68H70O11. The van der Waals surface area contributed by atoms with Gasteiger partial charge >= 0.3 is 0 Å². The predicted molar refractivity (Wildman–Crippen MR) is 301 cm³/mol. The summed E-state index contributed by atoms with van der Waals surface area (Å²) in [7, 11) is 0. The molecule has 11 heteroatoms. The van der Waals surface area contributed by atoms with Crippen molar-refractivity contribution in [3.8, 4) is 0 Å². The first-order valence-corrected chi connectivity index (χ1v) is 27.3. The quantitative estimate of drug-likeness (QED) is 0.0469. The zero-order valence-corrected chi connectivity index (χ0v) is 44.4. The highest BCUT2D eigenvalue weighted by Gasteiger charge is 2.55. The van der Waals surface area contributed by atoms with Gasteiger partial charge in [-0.1, -0.05) is 243 Å². The molecule has 0 aromatic heterocycles. The van der Waals surface area contributed by atoms with Crippen molar-refractivity contribution >= 4 is 0 Å². The SMILES string of the molecule is c1ccc(COC[C@H]2O[C@@H](OCc3ccccc3)[C@H](O[C@H]3O[C@H](COCc4ccccc4)[C@@H](OCc4ccccc4)[C@H](OCc4ccccc4)[C@H]3OCc3ccccc3)[C@@H](OCc3ccccc3)[C@H]2OCc2ccccc2)cc1. The van der Waals surface area contributed by atoms with Crippen LogP contribution in [0.4, 0.5) is 0 Å². The van der Waals surface area contributed by atoms with Gasteiger partial charge in [0.15, 0.2) is 12.6 Å². The molecule has 2 fully saturated rings. The van der Waals surface area contributed by atoms with Crippen LogP contribution in [0.15, 0.2) is 243 Å². The van der Waals surface area contributed by atoms with Crippen molar-refractivity contribution in [1.82, 2.24) is 0 Å². The number of benzene rings is 8. The lowest BCUT2D eigenvalue weighted by atomic mass is 9.96. The molecule has 11 nitrogen and oxygen atoms in total. The van der Waals surface area contributed by atoms with Gasteiger partial charge in [0.1, 0.15) is 48.8 Å². The number of rotatable bonds is 28. The summed E-state index contributed by atoms with van der Waals surface area (Å²) in [5.41, 5.74) is 7.89. The molecule has 8 aromatic rings. The van der Waals surface area contributed by atoms with Crippen molar-refractivity contribution in [3.05, 3.63) is 287 Å². The Hall–Kier alpha value is -6.68. The summed E-state index contributed by atoms with van der Waals surface area (Å²) in [6.45, 7) is 2.45. The Labute approximate surface area is 464 Å². The van der Waals surface area contributed by atoms with E-state index in [1.54, 1.807) is 0 Å². The highest BCUT2D eigenvalue weighted by atomic mass is 16.8. The predicted octanol–water partition coefficient (Wildman–Crippen LogP) is 12.4. The second-order valence-corrected chi connectivity index (χ2v) is 19.8. The maximum Gasteiger partial charge on any atom is 0.187 e. The molecule has 2 aliphatic heterocycles. The fourth-order valence-corrected chi connectivity index (χ4v) is 9.85. The number of hydrogen-bond donors (Lipinski definition) is 0. The summed E-state index contributed by atoms with van der Waals surface area (Å²) in [4.78, 5) is 0. The van der Waals surface area contributed by atoms with Crippen LogP contribution in [0.2, 0.25) is 0 Å². The van der Waals surface area contributed by atoms with Crippen molar-refractivity contribution in [2.75, 3.05) is 13.2 Å². The van der Waals surface area contributed by atoms with Gasteiger partial charge < -0.3 is 52.1 Å². The molecule has 0 aliphatic carbocycles. The zero-order valence-electron chi connectivity index (χ0n) is 44.4. The Kier molecular flexibility index (Phi) is 21.2. The average Bonchev–Trinajstić information content (AvgIpc) is 3.57. The van der Waals surface area contributed by atoms with Crippen LogP contribution in [-0.4, -0.2) is 74.6 Å². The normalized spacial score (nSPS) is 23.0. The molecule has 2 saturated heterocycles. The molecule has 2 aliphatic rings. The minimum Gasteiger partial charge on any atom is -0.374 e. The van der Waals surface area contributed by atoms with Crippen LogP contribution < -0.4 is 0 Å². The largest absolute Gasteiger partial charge is 0.374 e. The fourth-order valence-electron chi connectivity index (χ4n) is 9.85. The highest BCUT2D eigenvalue weighted by Crippen LogP contribution is 2.37. The summed E-state index contributed by atoms with van der Waals surface area (Å²) < 4.78 is 77.7. The first-order valence-electron chi connectivity index (χ1n) is 27.3. The minimum atomic E-state index is -1.13. The molecule has 0 N–H and O–H groups in total. The van der Waals surface area contributed by atoms with E-state index in [1.807, 2.05) is 243 Å². The fraction of sp³-hybridized carbons (Fsp3) is 0.294. The molecule has 0 spiro atoms. The summed E-state index contributed by atoms with van der Waals surface area (Å²) in [6.07, 6.45) is -8.50. The van der Waals surface area contributed by atoms with Gasteiger partial charge in [0.25, 0.3) is 0 Å². The topological polar surface area (TPSA) is 102 Å². The molecule has 8 aromatic carbocycles. The van der Waals surface area contributed by atoms with Crippen LogP contribution in [0.5, 0.6) is 0 Å². The smallest absolute Gasteiger partial charge is 0.187 e. The summed E-state index contributed by atoms with van der Waals surface area (Å²) in [5, 5.41) is 0. The third kappa shape index (κ3) is 16.7. The Bertz CT molecular complexity index is 2890. The standard InChI is InChI=1S/C68H70O11/c1-9-25-51(26-10-1)41-69-49-59-62(72-44-54-31-15-4-16-32-54)64(74-46-56-35-19-6-20-36-56)66(67(77-59)76-48-58-39-23-8-24-40-58)79-68-65(75-47-57-37-21-7-22-38-57)63(73-45-55-33-17-5-18-34-55)61(71-43-53-29-13-3-14-30-53)60(78-68)50-70-42-52-27-11-2-12-28-52/h1-40,59-68H,41-50H2/t59-,60-,61-,62+,63+,64+,65-,66-,67-,68-/m1/s1. The third-order valence-electron chi connectivity index (χ3n) is 13.9. The summed E-state index contributed by atoms with van der Waals surface area (Å²) in [6, 6.07) is 80.6. The second kappa shape index (κ2) is 30.1. The van der Waals surface area contributed by atoms with Crippen LogP contribution in [0.3, 0.4) is 0 Å². The van der Waals surface area contributed by atoms with Gasteiger partial charge in [-0.15, -0.1) is 0 Å². The Balaban J connectivity index is 1.05. The Morgan fingerprint density at radius 3 is 0.785 bits per heavy atom. The Morgan fingerprint density at radius 1 is 0.228 bits per heavy atom. The van der Waals surface area contributed by atoms with E-state index in [0.29, 0.717) is 13.2 Å². The van der Waals surface area contributed by atoms with Crippen LogP contribution >= 0.6 is 0 Å². The van der Waals surface area contributed by atoms with E-state index < -0.39 is 61.4 Å². The van der Waals surface area contributed by atoms with E-state index in [-0.39, 0.29) is 52.9 Å². The van der Waals surface area contributed by atoms with Gasteiger partial charge in [-0.2, -0.15) is 0 Å². The maximum atomic E-state index is 7.59. The molecule has 408 valence electrons. The molecule has 0 radical (unpaired) electrons. The summed E-state index contributed by atoms with van der Waals surface area (Å²) >= 11 is 0. The molecule has 10 atom stereocenters. The van der Waals surface area contributed by atoms with Gasteiger partial charge in [0.05, 0.1) is 66.1 Å². The van der Waals surface area contributed by atoms with Crippen molar-refractivity contribution < 1.29 is 52.1 Å². The van der Waals surface area contributed by atoms with E-state index in [1.165, 1.54) is 0 Å². The van der Waals surface area contributed by atoms with Crippen molar-refractivity contribution in [1.29, 1.82) is 0 Å². The van der Waals surface area contributed by atoms with Crippen molar-refractivity contribution in [3.63, 3.8) is 0 Å². The van der Waals surface area contributed by atoms with Crippen LogP contribution in [-0.2, 0) is 105 Å². The second-order valence-electron chi connectivity index (χ2n) is 19.8. The van der Waals surface area contributed by atoms with E-state index in [4.69, 9.17) is 52.1 Å². The van der Waals surface area contributed by atoms with Gasteiger partial charge in [-0.3, -0.25) is 0 Å². The van der Waals surface area contributed by atoms with E-state index in [9.17, 15) is 0 Å². The molecule has 10 rings (SSSR count). The first-order chi connectivity index (χ1) is 39.2. The molecule has 0 saturated carbocycles. The van der Waals surface area contributed by atoms with Gasteiger partial charge in [0.2, 0.25) is 0 Å². The monoisotopic (exact) mass is 1060 g/mol. The molecule has 2 heterocycles. The highest BCUT2D eigenvalue weighted by molar-refractivity contribution is 5.20. The zero-order chi connectivity index (χ0) is 53.5. The van der Waals surface area contributed by atoms with Crippen LogP contribution in [0.1, 0.15) is 44.5 Å². The number of ether oxygens (including phenoxy) is 11. The van der Waals surface area contributed by atoms with Crippen LogP contribution in [0.25, 0.3) is 0 Å². The van der Waals surface area contributed by atoms with Crippen LogP contribution in [0, 0.1) is 0 Å². The lowest BCUT2D eigenvalue weighted by molar-refractivity contribution is -0.384. The van der Waals surface area contributed by atoms with E-state index >= 15 is 0 Å². The Morgan fingerprint density at radius 2 is 0.468 bits per heavy atom. The number of hydrogen-bond acceptors (Lipinski definition) is 11. The average molecular weight is 1060 g/mol. The lowest BCUT2D eigenvalue weighted by Gasteiger charge is -2.50. The molecule has 0 unspecified atom stereocenters. The third-order valence-corrected chi connectivity index (χ3v) is 13.9. The molecule has 0 bridgehead atoms. The van der Waals surface area contributed by atoms with E-state index in [0.717, 1.165) is 44.5 Å².